The Kier molecular flexibility index (Phi) is 6.78. The molecule has 0 radical (unpaired) electrons. The largest absolute Gasteiger partial charge is 0.347 e. The van der Waals surface area contributed by atoms with E-state index in [1.807, 2.05) is 6.92 Å². The summed E-state index contributed by atoms with van der Waals surface area (Å²) in [4.78, 5) is 35.5. The van der Waals surface area contributed by atoms with Gasteiger partial charge in [0.15, 0.2) is 5.69 Å². The monoisotopic (exact) mass is 373 g/mol. The Morgan fingerprint density at radius 2 is 2.11 bits per heavy atom. The van der Waals surface area contributed by atoms with Crippen LogP contribution in [0.5, 0.6) is 0 Å². The molecule has 0 saturated heterocycles. The maximum Gasteiger partial charge on any atom is 0.294 e. The molecule has 0 bridgehead atoms. The SMILES string of the molecule is CCCCC(CN)NC(=O)c1nn(-c2ccccc2[N+](=O)[O-])c(C)cc1=O. The number of aromatic nitrogens is 2. The molecule has 1 amide bonds. The van der Waals surface area contributed by atoms with Crippen molar-refractivity contribution in [3.8, 4) is 5.69 Å². The molecular formula is C18H23N5O4. The maximum atomic E-state index is 12.5. The van der Waals surface area contributed by atoms with E-state index in [4.69, 9.17) is 5.73 Å². The number of nitro groups is 1. The van der Waals surface area contributed by atoms with Gasteiger partial charge in [0.05, 0.1) is 4.92 Å². The van der Waals surface area contributed by atoms with E-state index in [9.17, 15) is 19.7 Å². The summed E-state index contributed by atoms with van der Waals surface area (Å²) in [5.74, 6) is -0.640. The molecule has 2 rings (SSSR count). The van der Waals surface area contributed by atoms with Crippen LogP contribution in [0.3, 0.4) is 0 Å². The number of rotatable bonds is 8. The summed E-state index contributed by atoms with van der Waals surface area (Å²) >= 11 is 0. The number of aryl methyl sites for hydroxylation is 1. The van der Waals surface area contributed by atoms with Crippen molar-refractivity contribution in [3.63, 3.8) is 0 Å². The van der Waals surface area contributed by atoms with E-state index in [0.717, 1.165) is 12.8 Å². The van der Waals surface area contributed by atoms with Crippen molar-refractivity contribution in [2.75, 3.05) is 6.54 Å². The van der Waals surface area contributed by atoms with Crippen molar-refractivity contribution >= 4 is 11.6 Å². The predicted molar refractivity (Wildman–Crippen MR) is 101 cm³/mol. The molecule has 27 heavy (non-hydrogen) atoms. The first-order valence-corrected chi connectivity index (χ1v) is 8.74. The normalized spacial score (nSPS) is 11.8. The lowest BCUT2D eigenvalue weighted by Gasteiger charge is -2.17. The van der Waals surface area contributed by atoms with Crippen LogP contribution in [0.25, 0.3) is 5.69 Å². The number of hydrogen-bond acceptors (Lipinski definition) is 6. The van der Waals surface area contributed by atoms with Gasteiger partial charge in [-0.2, -0.15) is 5.10 Å². The highest BCUT2D eigenvalue weighted by molar-refractivity contribution is 5.92. The molecule has 1 heterocycles. The quantitative estimate of drug-likeness (QED) is 0.534. The Morgan fingerprint density at radius 3 is 2.74 bits per heavy atom. The number of nitrogens with zero attached hydrogens (tertiary/aromatic N) is 3. The zero-order valence-corrected chi connectivity index (χ0v) is 15.3. The molecule has 0 aliphatic rings. The Morgan fingerprint density at radius 1 is 1.41 bits per heavy atom. The van der Waals surface area contributed by atoms with Crippen molar-refractivity contribution < 1.29 is 9.72 Å². The Balaban J connectivity index is 2.43. The number of amides is 1. The van der Waals surface area contributed by atoms with Gasteiger partial charge in [0.2, 0.25) is 5.43 Å². The number of benzene rings is 1. The summed E-state index contributed by atoms with van der Waals surface area (Å²) in [5, 5.41) is 18.1. The van der Waals surface area contributed by atoms with E-state index in [1.165, 1.54) is 28.9 Å². The summed E-state index contributed by atoms with van der Waals surface area (Å²) in [6.07, 6.45) is 2.55. The molecule has 0 aliphatic carbocycles. The van der Waals surface area contributed by atoms with E-state index >= 15 is 0 Å². The second-order valence-electron chi connectivity index (χ2n) is 6.20. The van der Waals surface area contributed by atoms with Crippen molar-refractivity contribution in [1.82, 2.24) is 15.1 Å². The van der Waals surface area contributed by atoms with Crippen molar-refractivity contribution in [3.05, 3.63) is 62.1 Å². The molecule has 9 heteroatoms. The van der Waals surface area contributed by atoms with Crippen LogP contribution in [0.1, 0.15) is 42.4 Å². The summed E-state index contributed by atoms with van der Waals surface area (Å²) in [6.45, 7) is 3.87. The third kappa shape index (κ3) is 4.76. The third-order valence-corrected chi connectivity index (χ3v) is 4.16. The average Bonchev–Trinajstić information content (AvgIpc) is 2.65. The second kappa shape index (κ2) is 9.04. The maximum absolute atomic E-state index is 12.5. The lowest BCUT2D eigenvalue weighted by molar-refractivity contribution is -0.384. The molecule has 1 aromatic carbocycles. The van der Waals surface area contributed by atoms with Crippen molar-refractivity contribution in [2.24, 2.45) is 5.73 Å². The fourth-order valence-electron chi connectivity index (χ4n) is 2.70. The van der Waals surface area contributed by atoms with E-state index in [-0.39, 0.29) is 29.7 Å². The second-order valence-corrected chi connectivity index (χ2v) is 6.20. The van der Waals surface area contributed by atoms with Gasteiger partial charge in [0, 0.05) is 30.4 Å². The van der Waals surface area contributed by atoms with Crippen LogP contribution in [-0.2, 0) is 0 Å². The molecular weight excluding hydrogens is 350 g/mol. The van der Waals surface area contributed by atoms with E-state index in [0.29, 0.717) is 12.1 Å². The molecule has 2 aromatic rings. The molecule has 9 nitrogen and oxygen atoms in total. The van der Waals surface area contributed by atoms with E-state index in [1.54, 1.807) is 13.0 Å². The molecule has 144 valence electrons. The number of hydrogen-bond donors (Lipinski definition) is 2. The zero-order chi connectivity index (χ0) is 20.0. The van der Waals surface area contributed by atoms with Crippen LogP contribution in [0, 0.1) is 17.0 Å². The molecule has 0 aliphatic heterocycles. The molecule has 3 N–H and O–H groups in total. The number of para-hydroxylation sites is 2. The number of nitrogens with one attached hydrogen (secondary N) is 1. The minimum absolute atomic E-state index is 0.175. The van der Waals surface area contributed by atoms with Crippen LogP contribution < -0.4 is 16.5 Å². The molecule has 0 saturated carbocycles. The van der Waals surface area contributed by atoms with Gasteiger partial charge in [-0.15, -0.1) is 0 Å². The highest BCUT2D eigenvalue weighted by atomic mass is 16.6. The van der Waals surface area contributed by atoms with Crippen LogP contribution in [-0.4, -0.2) is 33.2 Å². The minimum atomic E-state index is -0.640. The highest BCUT2D eigenvalue weighted by Gasteiger charge is 2.21. The minimum Gasteiger partial charge on any atom is -0.347 e. The summed E-state index contributed by atoms with van der Waals surface area (Å²) < 4.78 is 1.23. The summed E-state index contributed by atoms with van der Waals surface area (Å²) in [6, 6.07) is 6.97. The first-order chi connectivity index (χ1) is 12.9. The van der Waals surface area contributed by atoms with Crippen LogP contribution in [0.2, 0.25) is 0 Å². The van der Waals surface area contributed by atoms with E-state index in [2.05, 4.69) is 10.4 Å². The Bertz CT molecular complexity index is 894. The molecule has 1 unspecified atom stereocenters. The molecule has 1 aromatic heterocycles. The molecule has 1 atom stereocenters. The Hall–Kier alpha value is -3.07. The zero-order valence-electron chi connectivity index (χ0n) is 15.3. The van der Waals surface area contributed by atoms with Crippen LogP contribution in [0.4, 0.5) is 5.69 Å². The van der Waals surface area contributed by atoms with Gasteiger partial charge < -0.3 is 11.1 Å². The average molecular weight is 373 g/mol. The lowest BCUT2D eigenvalue weighted by atomic mass is 10.1. The highest BCUT2D eigenvalue weighted by Crippen LogP contribution is 2.22. The first-order valence-electron chi connectivity index (χ1n) is 8.74. The number of carbonyl (C=O) groups excluding carboxylic acids is 1. The number of unbranched alkanes of at least 4 members (excludes halogenated alkanes) is 1. The Labute approximate surface area is 156 Å². The fraction of sp³-hybridized carbons (Fsp3) is 0.389. The summed E-state index contributed by atoms with van der Waals surface area (Å²) in [7, 11) is 0. The van der Waals surface area contributed by atoms with Crippen LogP contribution in [0.15, 0.2) is 35.1 Å². The smallest absolute Gasteiger partial charge is 0.294 e. The van der Waals surface area contributed by atoms with Gasteiger partial charge >= 0.3 is 0 Å². The van der Waals surface area contributed by atoms with Crippen molar-refractivity contribution in [2.45, 2.75) is 39.2 Å². The van der Waals surface area contributed by atoms with Gasteiger partial charge in [0.1, 0.15) is 5.69 Å². The van der Waals surface area contributed by atoms with Gasteiger partial charge in [-0.05, 0) is 19.4 Å². The van der Waals surface area contributed by atoms with Gasteiger partial charge in [-0.25, -0.2) is 4.68 Å². The van der Waals surface area contributed by atoms with Gasteiger partial charge in [-0.3, -0.25) is 19.7 Å². The number of carbonyl (C=O) groups is 1. The molecule has 0 spiro atoms. The summed E-state index contributed by atoms with van der Waals surface area (Å²) in [5.41, 5.74) is 5.19. The lowest BCUT2D eigenvalue weighted by Crippen LogP contribution is -2.42. The topological polar surface area (TPSA) is 133 Å². The van der Waals surface area contributed by atoms with Crippen molar-refractivity contribution in [1.29, 1.82) is 0 Å². The number of nitrogens with two attached hydrogens (primary N) is 1. The van der Waals surface area contributed by atoms with Crippen LogP contribution >= 0.6 is 0 Å². The predicted octanol–water partition coefficient (Wildman–Crippen LogP) is 1.70. The standard InChI is InChI=1S/C18H23N5O4/c1-3-4-7-13(11-19)20-18(25)17-16(24)10-12(2)22(21-17)14-8-5-6-9-15(14)23(26)27/h5-6,8-10,13H,3-4,7,11,19H2,1-2H3,(H,20,25). The fourth-order valence-corrected chi connectivity index (χ4v) is 2.70. The van der Waals surface area contributed by atoms with Gasteiger partial charge in [-0.1, -0.05) is 31.9 Å². The number of nitro benzene ring substituents is 1. The first kappa shape index (κ1) is 20.2. The third-order valence-electron chi connectivity index (χ3n) is 4.16. The van der Waals surface area contributed by atoms with Gasteiger partial charge in [0.25, 0.3) is 11.6 Å². The van der Waals surface area contributed by atoms with E-state index < -0.39 is 16.3 Å². The molecule has 0 fully saturated rings.